The number of hydrogen-bond donors (Lipinski definition) is 1. The molecule has 66 valence electrons. The molecular weight excluding hydrogens is 211 g/mol. The first-order valence-electron chi connectivity index (χ1n) is 3.29. The molecule has 0 aromatic heterocycles. The Hall–Kier alpha value is -1.24. The Balaban J connectivity index is 2.87. The second-order valence-electron chi connectivity index (χ2n) is 2.19. The van der Waals surface area contributed by atoms with Gasteiger partial charge in [0.05, 0.1) is 10.0 Å². The Morgan fingerprint density at radius 2 is 2.08 bits per heavy atom. The van der Waals surface area contributed by atoms with Gasteiger partial charge in [0.25, 0.3) is 0 Å². The normalized spacial score (nSPS) is 9.00. The predicted octanol–water partition coefficient (Wildman–Crippen LogP) is 2.46. The third-order valence-corrected chi connectivity index (χ3v) is 2.02. The standard InChI is InChI=1S/C8H4Cl2N2O/c9-6-2-1-5(3-7(6)10)12-8(13)4-11/h1-3H,(H,12,13). The highest BCUT2D eigenvalue weighted by Gasteiger charge is 2.02. The van der Waals surface area contributed by atoms with Crippen molar-refractivity contribution in [1.82, 2.24) is 0 Å². The minimum absolute atomic E-state index is 0.331. The molecule has 0 radical (unpaired) electrons. The van der Waals surface area contributed by atoms with Gasteiger partial charge < -0.3 is 5.32 Å². The number of nitriles is 1. The van der Waals surface area contributed by atoms with Gasteiger partial charge in [-0.3, -0.25) is 4.79 Å². The highest BCUT2D eigenvalue weighted by atomic mass is 35.5. The summed E-state index contributed by atoms with van der Waals surface area (Å²) in [6, 6.07) is 5.99. The Labute approximate surface area is 84.9 Å². The molecule has 3 nitrogen and oxygen atoms in total. The lowest BCUT2D eigenvalue weighted by Gasteiger charge is -2.01. The zero-order valence-corrected chi connectivity index (χ0v) is 7.86. The summed E-state index contributed by atoms with van der Waals surface area (Å²) in [6.07, 6.45) is 0. The average Bonchev–Trinajstić information content (AvgIpc) is 2.11. The zero-order chi connectivity index (χ0) is 9.84. The van der Waals surface area contributed by atoms with Crippen molar-refractivity contribution < 1.29 is 4.79 Å². The summed E-state index contributed by atoms with van der Waals surface area (Å²) in [4.78, 5) is 10.6. The molecule has 0 saturated carbocycles. The van der Waals surface area contributed by atoms with Gasteiger partial charge in [-0.05, 0) is 18.2 Å². The van der Waals surface area contributed by atoms with E-state index in [2.05, 4.69) is 5.32 Å². The Bertz CT molecular complexity index is 384. The molecule has 0 spiro atoms. The van der Waals surface area contributed by atoms with Crippen molar-refractivity contribution in [3.63, 3.8) is 0 Å². The minimum Gasteiger partial charge on any atom is -0.313 e. The molecule has 0 aliphatic heterocycles. The van der Waals surface area contributed by atoms with E-state index in [1.54, 1.807) is 6.07 Å². The first-order chi connectivity index (χ1) is 6.13. The van der Waals surface area contributed by atoms with Crippen LogP contribution in [0.1, 0.15) is 0 Å². The summed E-state index contributed by atoms with van der Waals surface area (Å²) in [5.74, 6) is -0.738. The summed E-state index contributed by atoms with van der Waals surface area (Å²) in [5, 5.41) is 11.2. The molecular formula is C8H4Cl2N2O. The lowest BCUT2D eigenvalue weighted by Crippen LogP contribution is -2.07. The number of rotatable bonds is 1. The van der Waals surface area contributed by atoms with Gasteiger partial charge in [-0.25, -0.2) is 0 Å². The fraction of sp³-hybridized carbons (Fsp3) is 0. The summed E-state index contributed by atoms with van der Waals surface area (Å²) in [6.45, 7) is 0. The lowest BCUT2D eigenvalue weighted by molar-refractivity contribution is -0.111. The maximum Gasteiger partial charge on any atom is 0.326 e. The monoisotopic (exact) mass is 214 g/mol. The van der Waals surface area contributed by atoms with E-state index in [-0.39, 0.29) is 0 Å². The molecule has 1 aromatic rings. The molecule has 0 saturated heterocycles. The Morgan fingerprint density at radius 3 is 2.62 bits per heavy atom. The first-order valence-corrected chi connectivity index (χ1v) is 4.05. The van der Waals surface area contributed by atoms with E-state index in [1.807, 2.05) is 0 Å². The van der Waals surface area contributed by atoms with Crippen molar-refractivity contribution >= 4 is 34.8 Å². The second kappa shape index (κ2) is 4.13. The van der Waals surface area contributed by atoms with Gasteiger partial charge in [-0.15, -0.1) is 0 Å². The van der Waals surface area contributed by atoms with Crippen molar-refractivity contribution in [2.75, 3.05) is 5.32 Å². The third-order valence-electron chi connectivity index (χ3n) is 1.28. The molecule has 0 atom stereocenters. The summed E-state index contributed by atoms with van der Waals surface area (Å²) in [5.41, 5.74) is 0.445. The molecule has 5 heteroatoms. The fourth-order valence-electron chi connectivity index (χ4n) is 0.733. The van der Waals surface area contributed by atoms with Crippen LogP contribution in [0.2, 0.25) is 10.0 Å². The number of nitrogens with one attached hydrogen (secondary N) is 1. The molecule has 0 aliphatic rings. The molecule has 0 aliphatic carbocycles. The van der Waals surface area contributed by atoms with Crippen LogP contribution in [0.4, 0.5) is 5.69 Å². The van der Waals surface area contributed by atoms with Crippen molar-refractivity contribution in [2.45, 2.75) is 0 Å². The predicted molar refractivity (Wildman–Crippen MR) is 50.7 cm³/mol. The molecule has 1 N–H and O–H groups in total. The highest BCUT2D eigenvalue weighted by molar-refractivity contribution is 6.42. The smallest absolute Gasteiger partial charge is 0.313 e. The molecule has 1 aromatic carbocycles. The molecule has 13 heavy (non-hydrogen) atoms. The van der Waals surface area contributed by atoms with Crippen molar-refractivity contribution in [2.24, 2.45) is 0 Å². The van der Waals surface area contributed by atoms with Gasteiger partial charge in [0, 0.05) is 5.69 Å². The van der Waals surface area contributed by atoms with Crippen LogP contribution in [-0.2, 0) is 4.79 Å². The van der Waals surface area contributed by atoms with E-state index in [0.29, 0.717) is 15.7 Å². The van der Waals surface area contributed by atoms with Gasteiger partial charge in [-0.2, -0.15) is 5.26 Å². The number of carbonyl (C=O) groups is 1. The Kier molecular flexibility index (Phi) is 3.13. The SMILES string of the molecule is N#CC(=O)Nc1ccc(Cl)c(Cl)c1. The number of amides is 1. The van der Waals surface area contributed by atoms with E-state index in [4.69, 9.17) is 28.5 Å². The van der Waals surface area contributed by atoms with E-state index >= 15 is 0 Å². The van der Waals surface area contributed by atoms with Crippen molar-refractivity contribution in [3.8, 4) is 6.07 Å². The second-order valence-corrected chi connectivity index (χ2v) is 3.01. The maximum atomic E-state index is 10.6. The third kappa shape index (κ3) is 2.62. The molecule has 0 heterocycles. The van der Waals surface area contributed by atoms with Crippen LogP contribution in [0.15, 0.2) is 18.2 Å². The minimum atomic E-state index is -0.738. The largest absolute Gasteiger partial charge is 0.326 e. The van der Waals surface area contributed by atoms with E-state index in [9.17, 15) is 4.79 Å². The van der Waals surface area contributed by atoms with Crippen LogP contribution < -0.4 is 5.32 Å². The lowest BCUT2D eigenvalue weighted by atomic mass is 10.3. The topological polar surface area (TPSA) is 52.9 Å². The first kappa shape index (κ1) is 9.85. The van der Waals surface area contributed by atoms with Gasteiger partial charge in [-0.1, -0.05) is 23.2 Å². The summed E-state index contributed by atoms with van der Waals surface area (Å²) in [7, 11) is 0. The van der Waals surface area contributed by atoms with Gasteiger partial charge in [0.1, 0.15) is 0 Å². The quantitative estimate of drug-likeness (QED) is 0.731. The zero-order valence-electron chi connectivity index (χ0n) is 6.34. The van der Waals surface area contributed by atoms with Crippen molar-refractivity contribution in [1.29, 1.82) is 5.26 Å². The summed E-state index contributed by atoms with van der Waals surface area (Å²) >= 11 is 11.3. The summed E-state index contributed by atoms with van der Waals surface area (Å²) < 4.78 is 0. The molecule has 0 unspecified atom stereocenters. The number of anilines is 1. The van der Waals surface area contributed by atoms with Crippen LogP contribution in [0.3, 0.4) is 0 Å². The fourth-order valence-corrected chi connectivity index (χ4v) is 1.03. The van der Waals surface area contributed by atoms with Gasteiger partial charge in [0.15, 0.2) is 6.07 Å². The van der Waals surface area contributed by atoms with Crippen LogP contribution in [0.25, 0.3) is 0 Å². The highest BCUT2D eigenvalue weighted by Crippen LogP contribution is 2.24. The molecule has 1 rings (SSSR count). The van der Waals surface area contributed by atoms with Gasteiger partial charge >= 0.3 is 5.91 Å². The number of halogens is 2. The number of carbonyl (C=O) groups excluding carboxylic acids is 1. The van der Waals surface area contributed by atoms with Crippen LogP contribution >= 0.6 is 23.2 Å². The molecule has 0 fully saturated rings. The average molecular weight is 215 g/mol. The maximum absolute atomic E-state index is 10.6. The number of nitrogens with zero attached hydrogens (tertiary/aromatic N) is 1. The number of hydrogen-bond acceptors (Lipinski definition) is 2. The van der Waals surface area contributed by atoms with Crippen LogP contribution in [0, 0.1) is 11.3 Å². The molecule has 0 bridgehead atoms. The van der Waals surface area contributed by atoms with Crippen LogP contribution in [0.5, 0.6) is 0 Å². The van der Waals surface area contributed by atoms with E-state index in [0.717, 1.165) is 0 Å². The van der Waals surface area contributed by atoms with Gasteiger partial charge in [0.2, 0.25) is 0 Å². The van der Waals surface area contributed by atoms with E-state index in [1.165, 1.54) is 18.2 Å². The Morgan fingerprint density at radius 1 is 1.38 bits per heavy atom. The molecule has 1 amide bonds. The number of benzene rings is 1. The van der Waals surface area contributed by atoms with Crippen molar-refractivity contribution in [3.05, 3.63) is 28.2 Å². The van der Waals surface area contributed by atoms with E-state index < -0.39 is 5.91 Å². The van der Waals surface area contributed by atoms with Crippen LogP contribution in [-0.4, -0.2) is 5.91 Å².